The summed E-state index contributed by atoms with van der Waals surface area (Å²) >= 11 is 0. The molecule has 2 aromatic rings. The van der Waals surface area contributed by atoms with Crippen LogP contribution < -0.4 is 11.0 Å². The lowest BCUT2D eigenvalue weighted by Gasteiger charge is -2.12. The third-order valence-electron chi connectivity index (χ3n) is 3.98. The Balaban J connectivity index is 1.65. The minimum absolute atomic E-state index is 0.185. The van der Waals surface area contributed by atoms with E-state index in [0.29, 0.717) is 6.42 Å². The number of hydrogen-bond acceptors (Lipinski definition) is 3. The third kappa shape index (κ3) is 3.19. The molecule has 1 fully saturated rings. The van der Waals surface area contributed by atoms with E-state index < -0.39 is 23.3 Å². The maximum atomic E-state index is 13.0. The summed E-state index contributed by atoms with van der Waals surface area (Å²) in [5, 5.41) is 6.41. The molecule has 1 aliphatic rings. The van der Waals surface area contributed by atoms with Crippen LogP contribution in [0.25, 0.3) is 0 Å². The molecular weight excluding hydrogens is 325 g/mol. The van der Waals surface area contributed by atoms with Crippen molar-refractivity contribution in [3.05, 3.63) is 52.2 Å². The maximum absolute atomic E-state index is 13.0. The molecule has 6 nitrogen and oxygen atoms in total. The molecule has 1 aromatic carbocycles. The normalized spacial score (nSPS) is 20.0. The Kier molecular flexibility index (Phi) is 3.94. The molecule has 0 spiro atoms. The lowest BCUT2D eigenvalue weighted by atomic mass is 10.0. The Morgan fingerprint density at radius 3 is 2.71 bits per heavy atom. The van der Waals surface area contributed by atoms with Gasteiger partial charge in [0.15, 0.2) is 0 Å². The number of hydrogen-bond donors (Lipinski definition) is 1. The number of carbonyl (C=O) groups is 1. The van der Waals surface area contributed by atoms with Gasteiger partial charge in [-0.15, -0.1) is 0 Å². The number of aromatic nitrogens is 3. The Labute approximate surface area is 134 Å². The van der Waals surface area contributed by atoms with Gasteiger partial charge in [-0.3, -0.25) is 9.36 Å². The van der Waals surface area contributed by atoms with Crippen molar-refractivity contribution in [1.82, 2.24) is 19.7 Å². The third-order valence-corrected chi connectivity index (χ3v) is 3.98. The van der Waals surface area contributed by atoms with Crippen LogP contribution in [0, 0.1) is 0 Å². The van der Waals surface area contributed by atoms with Crippen molar-refractivity contribution in [2.24, 2.45) is 7.05 Å². The summed E-state index contributed by atoms with van der Waals surface area (Å²) in [6, 6.07) is 5.01. The zero-order chi connectivity index (χ0) is 17.5. The lowest BCUT2D eigenvalue weighted by Crippen LogP contribution is -2.34. The van der Waals surface area contributed by atoms with Gasteiger partial charge in [0.05, 0.1) is 5.56 Å². The van der Waals surface area contributed by atoms with Crippen LogP contribution in [0.4, 0.5) is 13.2 Å². The number of halogens is 3. The highest BCUT2D eigenvalue weighted by molar-refractivity contribution is 5.76. The summed E-state index contributed by atoms with van der Waals surface area (Å²) in [5.74, 6) is -0.819. The summed E-state index contributed by atoms with van der Waals surface area (Å²) in [7, 11) is 1.51. The van der Waals surface area contributed by atoms with E-state index in [-0.39, 0.29) is 24.1 Å². The van der Waals surface area contributed by atoms with Crippen molar-refractivity contribution in [2.75, 3.05) is 0 Å². The van der Waals surface area contributed by atoms with Crippen LogP contribution in [0.1, 0.15) is 23.5 Å². The molecule has 0 aliphatic heterocycles. The number of benzene rings is 1. The zero-order valence-corrected chi connectivity index (χ0v) is 12.7. The highest BCUT2D eigenvalue weighted by Crippen LogP contribution is 2.46. The van der Waals surface area contributed by atoms with E-state index in [2.05, 4.69) is 10.4 Å². The zero-order valence-electron chi connectivity index (χ0n) is 12.7. The van der Waals surface area contributed by atoms with Crippen molar-refractivity contribution < 1.29 is 18.0 Å². The number of nitrogens with one attached hydrogen (secondary N) is 1. The second-order valence-electron chi connectivity index (χ2n) is 5.78. The van der Waals surface area contributed by atoms with E-state index in [1.165, 1.54) is 30.1 Å². The Morgan fingerprint density at radius 1 is 1.38 bits per heavy atom. The topological polar surface area (TPSA) is 68.9 Å². The standard InChI is InChI=1S/C15H15F3N4O2/c1-21-8-19-22(14(21)24)7-13(23)20-12-6-10(12)9-4-2-3-5-11(9)15(16,17)18/h2-5,8,10,12H,6-7H2,1H3,(H,20,23)/t10-,12+/m1/s1. The molecule has 1 heterocycles. The number of amides is 1. The van der Waals surface area contributed by atoms with Crippen molar-refractivity contribution in [3.8, 4) is 0 Å². The number of carbonyl (C=O) groups excluding carboxylic acids is 1. The summed E-state index contributed by atoms with van der Waals surface area (Å²) in [6.07, 6.45) is -2.69. The quantitative estimate of drug-likeness (QED) is 0.911. The summed E-state index contributed by atoms with van der Waals surface area (Å²) in [4.78, 5) is 23.5. The molecule has 2 atom stereocenters. The minimum atomic E-state index is -4.42. The number of nitrogens with zero attached hydrogens (tertiary/aromatic N) is 3. The van der Waals surface area contributed by atoms with Crippen LogP contribution in [0.3, 0.4) is 0 Å². The van der Waals surface area contributed by atoms with E-state index in [4.69, 9.17) is 0 Å². The second-order valence-corrected chi connectivity index (χ2v) is 5.78. The van der Waals surface area contributed by atoms with E-state index in [9.17, 15) is 22.8 Å². The molecule has 0 bridgehead atoms. The number of rotatable bonds is 4. The molecule has 128 valence electrons. The Morgan fingerprint density at radius 2 is 2.08 bits per heavy atom. The van der Waals surface area contributed by atoms with Crippen LogP contribution in [0.15, 0.2) is 35.4 Å². The molecule has 3 rings (SSSR count). The van der Waals surface area contributed by atoms with E-state index in [0.717, 1.165) is 10.7 Å². The minimum Gasteiger partial charge on any atom is -0.351 e. The SMILES string of the molecule is Cn1cnn(CC(=O)N[C@H]2C[C@@H]2c2ccccc2C(F)(F)F)c1=O. The van der Waals surface area contributed by atoms with Gasteiger partial charge in [-0.2, -0.15) is 18.3 Å². The van der Waals surface area contributed by atoms with Gasteiger partial charge in [0, 0.05) is 19.0 Å². The first-order chi connectivity index (χ1) is 11.3. The van der Waals surface area contributed by atoms with E-state index in [1.807, 2.05) is 0 Å². The predicted molar refractivity (Wildman–Crippen MR) is 78.2 cm³/mol. The van der Waals surface area contributed by atoms with Gasteiger partial charge in [0.2, 0.25) is 5.91 Å². The summed E-state index contributed by atoms with van der Waals surface area (Å²) < 4.78 is 41.3. The highest BCUT2D eigenvalue weighted by atomic mass is 19.4. The van der Waals surface area contributed by atoms with E-state index >= 15 is 0 Å². The van der Waals surface area contributed by atoms with E-state index in [1.54, 1.807) is 6.07 Å². The summed E-state index contributed by atoms with van der Waals surface area (Å²) in [6.45, 7) is -0.260. The molecule has 9 heteroatoms. The smallest absolute Gasteiger partial charge is 0.351 e. The van der Waals surface area contributed by atoms with Crippen LogP contribution >= 0.6 is 0 Å². The van der Waals surface area contributed by atoms with Gasteiger partial charge < -0.3 is 5.32 Å². The van der Waals surface area contributed by atoms with Crippen molar-refractivity contribution in [2.45, 2.75) is 31.1 Å². The average molecular weight is 340 g/mol. The molecule has 1 N–H and O–H groups in total. The molecule has 1 amide bonds. The van der Waals surface area contributed by atoms with Gasteiger partial charge in [-0.1, -0.05) is 18.2 Å². The fourth-order valence-corrected chi connectivity index (χ4v) is 2.69. The van der Waals surface area contributed by atoms with Crippen LogP contribution in [0.2, 0.25) is 0 Å². The molecular formula is C15H15F3N4O2. The predicted octanol–water partition coefficient (Wildman–Crippen LogP) is 1.27. The van der Waals surface area contributed by atoms with Crippen molar-refractivity contribution >= 4 is 5.91 Å². The molecule has 1 aromatic heterocycles. The molecule has 1 aliphatic carbocycles. The molecule has 0 saturated heterocycles. The van der Waals surface area contributed by atoms with Crippen LogP contribution in [0.5, 0.6) is 0 Å². The maximum Gasteiger partial charge on any atom is 0.416 e. The lowest BCUT2D eigenvalue weighted by molar-refractivity contribution is -0.138. The largest absolute Gasteiger partial charge is 0.416 e. The Bertz CT molecular complexity index is 825. The van der Waals surface area contributed by atoms with Gasteiger partial charge in [0.25, 0.3) is 0 Å². The number of aryl methyl sites for hydroxylation is 1. The monoisotopic (exact) mass is 340 g/mol. The highest BCUT2D eigenvalue weighted by Gasteiger charge is 2.44. The molecule has 0 unspecified atom stereocenters. The fourth-order valence-electron chi connectivity index (χ4n) is 2.69. The molecule has 24 heavy (non-hydrogen) atoms. The first kappa shape index (κ1) is 16.3. The van der Waals surface area contributed by atoms with Gasteiger partial charge in [-0.05, 0) is 18.1 Å². The van der Waals surface area contributed by atoms with Crippen LogP contribution in [-0.4, -0.2) is 26.3 Å². The average Bonchev–Trinajstić information content (AvgIpc) is 3.21. The van der Waals surface area contributed by atoms with Crippen molar-refractivity contribution in [1.29, 1.82) is 0 Å². The first-order valence-electron chi connectivity index (χ1n) is 7.31. The molecule has 1 saturated carbocycles. The number of alkyl halides is 3. The molecule has 0 radical (unpaired) electrons. The fraction of sp³-hybridized carbons (Fsp3) is 0.400. The Hall–Kier alpha value is -2.58. The summed E-state index contributed by atoms with van der Waals surface area (Å²) in [5.41, 5.74) is -0.919. The van der Waals surface area contributed by atoms with Crippen LogP contribution in [-0.2, 0) is 24.6 Å². The van der Waals surface area contributed by atoms with Crippen molar-refractivity contribution in [3.63, 3.8) is 0 Å². The van der Waals surface area contributed by atoms with Gasteiger partial charge in [0.1, 0.15) is 12.9 Å². The van der Waals surface area contributed by atoms with Gasteiger partial charge >= 0.3 is 11.9 Å². The second kappa shape index (κ2) is 5.81. The first-order valence-corrected chi connectivity index (χ1v) is 7.31. The van der Waals surface area contributed by atoms with Gasteiger partial charge in [-0.25, -0.2) is 9.48 Å².